The van der Waals surface area contributed by atoms with Crippen molar-refractivity contribution in [1.82, 2.24) is 5.32 Å². The maximum absolute atomic E-state index is 12.1. The van der Waals surface area contributed by atoms with Crippen LogP contribution in [0.4, 0.5) is 13.2 Å². The lowest BCUT2D eigenvalue weighted by molar-refractivity contribution is -0.139. The summed E-state index contributed by atoms with van der Waals surface area (Å²) in [5, 5.41) is 0.496. The van der Waals surface area contributed by atoms with Gasteiger partial charge in [-0.25, -0.2) is 0 Å². The zero-order valence-electron chi connectivity index (χ0n) is 8.87. The molecule has 1 aromatic rings. The summed E-state index contributed by atoms with van der Waals surface area (Å²) in [5.41, 5.74) is 0.837. The molecule has 1 unspecified atom stereocenters. The first-order chi connectivity index (χ1) is 7.89. The summed E-state index contributed by atoms with van der Waals surface area (Å²) < 4.78 is 36.3. The third kappa shape index (κ3) is 5.12. The van der Waals surface area contributed by atoms with Crippen LogP contribution in [0.1, 0.15) is 12.0 Å². The first kappa shape index (κ1) is 13.9. The lowest BCUT2D eigenvalue weighted by atomic mass is 10.2. The van der Waals surface area contributed by atoms with Crippen LogP contribution in [0, 0.1) is 0 Å². The number of thiol groups is 1. The van der Waals surface area contributed by atoms with Gasteiger partial charge in [-0.2, -0.15) is 25.8 Å². The second kappa shape index (κ2) is 5.95. The average molecular weight is 263 g/mol. The van der Waals surface area contributed by atoms with E-state index >= 15 is 0 Å². The van der Waals surface area contributed by atoms with Gasteiger partial charge in [0.1, 0.15) is 5.25 Å². The van der Waals surface area contributed by atoms with E-state index in [-0.39, 0.29) is 6.54 Å². The molecule has 0 aliphatic heterocycles. The minimum absolute atomic E-state index is 0.220. The van der Waals surface area contributed by atoms with Crippen LogP contribution in [-0.2, 0) is 11.3 Å². The zero-order valence-corrected chi connectivity index (χ0v) is 9.76. The molecule has 0 fully saturated rings. The van der Waals surface area contributed by atoms with Crippen molar-refractivity contribution in [3.05, 3.63) is 35.9 Å². The SMILES string of the molecule is O=C(CC(S)C(F)(F)F)NCc1ccccc1. The summed E-state index contributed by atoms with van der Waals surface area (Å²) >= 11 is 3.34. The number of benzene rings is 1. The lowest BCUT2D eigenvalue weighted by Gasteiger charge is -2.14. The summed E-state index contributed by atoms with van der Waals surface area (Å²) in [4.78, 5) is 11.2. The molecular formula is C11H12F3NOS. The second-order valence-corrected chi connectivity index (χ2v) is 4.15. The molecule has 0 saturated heterocycles. The molecule has 0 aromatic heterocycles. The molecular weight excluding hydrogens is 251 g/mol. The van der Waals surface area contributed by atoms with Crippen molar-refractivity contribution in [2.75, 3.05) is 0 Å². The van der Waals surface area contributed by atoms with E-state index in [4.69, 9.17) is 0 Å². The van der Waals surface area contributed by atoms with Crippen LogP contribution in [-0.4, -0.2) is 17.3 Å². The molecule has 94 valence electrons. The maximum Gasteiger partial charge on any atom is 0.400 e. The molecule has 1 rings (SSSR count). The van der Waals surface area contributed by atoms with E-state index in [2.05, 4.69) is 17.9 Å². The number of carbonyl (C=O) groups excluding carboxylic acids is 1. The normalized spacial score (nSPS) is 13.2. The molecule has 0 saturated carbocycles. The molecule has 0 heterocycles. The molecule has 0 aliphatic rings. The highest BCUT2D eigenvalue weighted by Gasteiger charge is 2.38. The lowest BCUT2D eigenvalue weighted by Crippen LogP contribution is -2.32. The fourth-order valence-corrected chi connectivity index (χ4v) is 1.33. The Morgan fingerprint density at radius 3 is 2.41 bits per heavy atom. The van der Waals surface area contributed by atoms with Crippen molar-refractivity contribution in [2.24, 2.45) is 0 Å². The third-order valence-electron chi connectivity index (χ3n) is 2.09. The molecule has 6 heteroatoms. The number of hydrogen-bond donors (Lipinski definition) is 2. The van der Waals surface area contributed by atoms with Gasteiger partial charge in [0, 0.05) is 13.0 Å². The highest BCUT2D eigenvalue weighted by atomic mass is 32.1. The first-order valence-corrected chi connectivity index (χ1v) is 5.46. The van der Waals surface area contributed by atoms with Gasteiger partial charge in [-0.05, 0) is 5.56 Å². The van der Waals surface area contributed by atoms with Crippen LogP contribution in [0.3, 0.4) is 0 Å². The van der Waals surface area contributed by atoms with Gasteiger partial charge in [-0.3, -0.25) is 4.79 Å². The highest BCUT2D eigenvalue weighted by molar-refractivity contribution is 7.81. The maximum atomic E-state index is 12.1. The van der Waals surface area contributed by atoms with Gasteiger partial charge >= 0.3 is 6.18 Å². The van der Waals surface area contributed by atoms with Crippen molar-refractivity contribution >= 4 is 18.5 Å². The van der Waals surface area contributed by atoms with Gasteiger partial charge in [0.15, 0.2) is 0 Å². The minimum Gasteiger partial charge on any atom is -0.352 e. The van der Waals surface area contributed by atoms with Crippen molar-refractivity contribution in [1.29, 1.82) is 0 Å². The van der Waals surface area contributed by atoms with E-state index in [9.17, 15) is 18.0 Å². The molecule has 1 N–H and O–H groups in total. The summed E-state index contributed by atoms with van der Waals surface area (Å²) in [5.74, 6) is -0.661. The fourth-order valence-electron chi connectivity index (χ4n) is 1.16. The second-order valence-electron chi connectivity index (χ2n) is 3.52. The number of alkyl halides is 3. The van der Waals surface area contributed by atoms with E-state index in [1.54, 1.807) is 24.3 Å². The standard InChI is InChI=1S/C11H12F3NOS/c12-11(13,14)9(17)6-10(16)15-7-8-4-2-1-3-5-8/h1-5,9,17H,6-7H2,(H,15,16). The van der Waals surface area contributed by atoms with Gasteiger partial charge in [0.05, 0.1) is 0 Å². The van der Waals surface area contributed by atoms with Crippen molar-refractivity contribution in [2.45, 2.75) is 24.4 Å². The topological polar surface area (TPSA) is 29.1 Å². The summed E-state index contributed by atoms with van der Waals surface area (Å²) in [7, 11) is 0. The Bertz CT molecular complexity index is 367. The number of amides is 1. The molecule has 0 spiro atoms. The predicted molar refractivity (Wildman–Crippen MR) is 61.7 cm³/mol. The van der Waals surface area contributed by atoms with Gasteiger partial charge in [0.25, 0.3) is 0 Å². The number of halogens is 3. The summed E-state index contributed by atoms with van der Waals surface area (Å²) in [6.07, 6.45) is -5.12. The molecule has 1 amide bonds. The van der Waals surface area contributed by atoms with E-state index in [1.807, 2.05) is 6.07 Å². The smallest absolute Gasteiger partial charge is 0.352 e. The molecule has 1 aromatic carbocycles. The zero-order chi connectivity index (χ0) is 12.9. The van der Waals surface area contributed by atoms with E-state index < -0.39 is 23.8 Å². The molecule has 0 aliphatic carbocycles. The van der Waals surface area contributed by atoms with Crippen molar-refractivity contribution in [3.8, 4) is 0 Å². The third-order valence-corrected chi connectivity index (χ3v) is 2.56. The van der Waals surface area contributed by atoms with Gasteiger partial charge < -0.3 is 5.32 Å². The molecule has 1 atom stereocenters. The Labute approximate surface area is 103 Å². The Hall–Kier alpha value is -1.17. The van der Waals surface area contributed by atoms with Crippen molar-refractivity contribution in [3.63, 3.8) is 0 Å². The molecule has 0 radical (unpaired) electrons. The fraction of sp³-hybridized carbons (Fsp3) is 0.364. The van der Waals surface area contributed by atoms with Crippen LogP contribution < -0.4 is 5.32 Å². The predicted octanol–water partition coefficient (Wildman–Crippen LogP) is 2.55. The van der Waals surface area contributed by atoms with Crippen molar-refractivity contribution < 1.29 is 18.0 Å². The van der Waals surface area contributed by atoms with Crippen LogP contribution in [0.5, 0.6) is 0 Å². The van der Waals surface area contributed by atoms with E-state index in [0.717, 1.165) is 5.56 Å². The highest BCUT2D eigenvalue weighted by Crippen LogP contribution is 2.26. The van der Waals surface area contributed by atoms with Crippen LogP contribution in [0.25, 0.3) is 0 Å². The Morgan fingerprint density at radius 1 is 1.29 bits per heavy atom. The van der Waals surface area contributed by atoms with Gasteiger partial charge in [0.2, 0.25) is 5.91 Å². The van der Waals surface area contributed by atoms with Crippen LogP contribution in [0.2, 0.25) is 0 Å². The van der Waals surface area contributed by atoms with Crippen LogP contribution >= 0.6 is 12.6 Å². The monoisotopic (exact) mass is 263 g/mol. The molecule has 2 nitrogen and oxygen atoms in total. The first-order valence-electron chi connectivity index (χ1n) is 4.95. The summed E-state index contributed by atoms with van der Waals surface area (Å²) in [6, 6.07) is 8.96. The summed E-state index contributed by atoms with van der Waals surface area (Å²) in [6.45, 7) is 0.220. The largest absolute Gasteiger partial charge is 0.400 e. The number of rotatable bonds is 4. The Kier molecular flexibility index (Phi) is 4.86. The number of hydrogen-bond acceptors (Lipinski definition) is 2. The van der Waals surface area contributed by atoms with Gasteiger partial charge in [-0.15, -0.1) is 0 Å². The Morgan fingerprint density at radius 2 is 1.88 bits per heavy atom. The minimum atomic E-state index is -4.45. The molecule has 17 heavy (non-hydrogen) atoms. The van der Waals surface area contributed by atoms with E-state index in [0.29, 0.717) is 0 Å². The van der Waals surface area contributed by atoms with E-state index in [1.165, 1.54) is 0 Å². The molecule has 0 bridgehead atoms. The Balaban J connectivity index is 2.36. The van der Waals surface area contributed by atoms with Crippen LogP contribution in [0.15, 0.2) is 30.3 Å². The van der Waals surface area contributed by atoms with Gasteiger partial charge in [-0.1, -0.05) is 30.3 Å². The average Bonchev–Trinajstić information content (AvgIpc) is 2.26. The number of carbonyl (C=O) groups is 1. The number of nitrogens with one attached hydrogen (secondary N) is 1. The quantitative estimate of drug-likeness (QED) is 0.803.